The lowest BCUT2D eigenvalue weighted by Crippen LogP contribution is -2.30. The summed E-state index contributed by atoms with van der Waals surface area (Å²) in [6.07, 6.45) is 1.54. The van der Waals surface area contributed by atoms with Crippen LogP contribution in [0.15, 0.2) is 41.1 Å². The number of carbonyl (C=O) groups is 2. The van der Waals surface area contributed by atoms with E-state index in [-0.39, 0.29) is 23.6 Å². The summed E-state index contributed by atoms with van der Waals surface area (Å²) >= 11 is 15.6. The minimum atomic E-state index is -0.509. The second-order valence-electron chi connectivity index (χ2n) is 5.98. The summed E-state index contributed by atoms with van der Waals surface area (Å²) in [6.45, 7) is 1.62. The molecule has 1 aromatic carbocycles. The number of pyridine rings is 1. The number of nitrogens with two attached hydrogens (primary N) is 1. The van der Waals surface area contributed by atoms with Gasteiger partial charge in [-0.05, 0) is 52.7 Å². The fraction of sp³-hybridized carbons (Fsp3) is 0.111. The number of ketones is 1. The first-order chi connectivity index (χ1) is 13.8. The Morgan fingerprint density at radius 2 is 2.03 bits per heavy atom. The van der Waals surface area contributed by atoms with Gasteiger partial charge in [0.1, 0.15) is 10.3 Å². The van der Waals surface area contributed by atoms with E-state index in [1.165, 1.54) is 16.8 Å². The molecule has 0 aliphatic rings. The van der Waals surface area contributed by atoms with Crippen molar-refractivity contribution in [2.75, 3.05) is 11.9 Å². The molecule has 0 fully saturated rings. The lowest BCUT2D eigenvalue weighted by Gasteiger charge is -2.15. The van der Waals surface area contributed by atoms with Crippen LogP contribution in [0.4, 0.5) is 5.69 Å². The molecule has 29 heavy (non-hydrogen) atoms. The van der Waals surface area contributed by atoms with E-state index in [1.807, 2.05) is 0 Å². The number of anilines is 1. The molecule has 0 saturated carbocycles. The zero-order chi connectivity index (χ0) is 21.1. The Balaban J connectivity index is 2.03. The zero-order valence-corrected chi connectivity index (χ0v) is 18.1. The largest absolute Gasteiger partial charge is 0.320 e. The molecule has 2 aromatic heterocycles. The smallest absolute Gasteiger partial charge is 0.274 e. The maximum atomic E-state index is 13.1. The fourth-order valence-corrected chi connectivity index (χ4v) is 3.55. The van der Waals surface area contributed by atoms with Crippen molar-refractivity contribution in [3.8, 4) is 5.82 Å². The van der Waals surface area contributed by atoms with E-state index < -0.39 is 5.91 Å². The molecular weight excluding hydrogens is 483 g/mol. The maximum Gasteiger partial charge on any atom is 0.274 e. The molecular formula is C18H15BrCl2N6O2. The van der Waals surface area contributed by atoms with Crippen LogP contribution in [0.1, 0.15) is 26.4 Å². The summed E-state index contributed by atoms with van der Waals surface area (Å²) in [4.78, 5) is 29.7. The molecule has 0 aliphatic carbocycles. The van der Waals surface area contributed by atoms with Gasteiger partial charge in [0.25, 0.3) is 5.91 Å². The van der Waals surface area contributed by atoms with Gasteiger partial charge in [-0.3, -0.25) is 20.9 Å². The predicted molar refractivity (Wildman–Crippen MR) is 115 cm³/mol. The lowest BCUT2D eigenvalue weighted by atomic mass is 10.0. The topological polar surface area (TPSA) is 115 Å². The standard InChI is InChI=1S/C18H15BrCl2N6O2/c1-9-5-10(20)6-11(14(28)8-24-22)16(9)25-18(29)13-7-15(19)26-27(13)17-12(21)3-2-4-23-17/h2-7,24H,8,22H2,1H3,(H,25,29). The van der Waals surface area contributed by atoms with Gasteiger partial charge in [-0.15, -0.1) is 0 Å². The molecule has 3 aromatic rings. The molecule has 150 valence electrons. The first kappa shape index (κ1) is 21.4. The first-order valence-electron chi connectivity index (χ1n) is 8.26. The number of aromatic nitrogens is 3. The molecule has 0 radical (unpaired) electrons. The van der Waals surface area contributed by atoms with Crippen molar-refractivity contribution in [2.24, 2.45) is 5.84 Å². The number of aryl methyl sites for hydroxylation is 1. The minimum absolute atomic E-state index is 0.115. The van der Waals surface area contributed by atoms with Crippen LogP contribution in [0.2, 0.25) is 10.0 Å². The molecule has 8 nitrogen and oxygen atoms in total. The quantitative estimate of drug-likeness (QED) is 0.272. The van der Waals surface area contributed by atoms with E-state index in [1.54, 1.807) is 31.3 Å². The molecule has 11 heteroatoms. The molecule has 1 amide bonds. The van der Waals surface area contributed by atoms with Gasteiger partial charge in [-0.25, -0.2) is 9.67 Å². The number of carbonyl (C=O) groups excluding carboxylic acids is 2. The Kier molecular flexibility index (Phi) is 6.66. The summed E-state index contributed by atoms with van der Waals surface area (Å²) in [5, 5.41) is 7.70. The van der Waals surface area contributed by atoms with Crippen LogP contribution >= 0.6 is 39.1 Å². The van der Waals surface area contributed by atoms with E-state index in [4.69, 9.17) is 29.0 Å². The molecule has 0 unspecified atom stereocenters. The van der Waals surface area contributed by atoms with Crippen LogP contribution in [-0.2, 0) is 0 Å². The van der Waals surface area contributed by atoms with Gasteiger partial charge in [-0.1, -0.05) is 23.2 Å². The summed E-state index contributed by atoms with van der Waals surface area (Å²) in [5.74, 6) is 4.72. The van der Waals surface area contributed by atoms with Crippen molar-refractivity contribution in [3.05, 3.63) is 68.0 Å². The molecule has 0 bridgehead atoms. The second kappa shape index (κ2) is 9.02. The first-order valence-corrected chi connectivity index (χ1v) is 9.81. The number of amides is 1. The minimum Gasteiger partial charge on any atom is -0.320 e. The Morgan fingerprint density at radius 1 is 1.28 bits per heavy atom. The average Bonchev–Trinajstić information content (AvgIpc) is 3.05. The third-order valence-electron chi connectivity index (χ3n) is 3.95. The van der Waals surface area contributed by atoms with Gasteiger partial charge >= 0.3 is 0 Å². The van der Waals surface area contributed by atoms with Gasteiger partial charge in [0.2, 0.25) is 0 Å². The van der Waals surface area contributed by atoms with Gasteiger partial charge in [0, 0.05) is 22.8 Å². The number of nitrogens with one attached hydrogen (secondary N) is 2. The van der Waals surface area contributed by atoms with E-state index in [9.17, 15) is 9.59 Å². The van der Waals surface area contributed by atoms with Crippen LogP contribution in [0, 0.1) is 6.92 Å². The monoisotopic (exact) mass is 496 g/mol. The number of rotatable bonds is 6. The van der Waals surface area contributed by atoms with Crippen molar-refractivity contribution >= 4 is 56.5 Å². The predicted octanol–water partition coefficient (Wildman–Crippen LogP) is 3.54. The lowest BCUT2D eigenvalue weighted by molar-refractivity contribution is 0.0992. The fourth-order valence-electron chi connectivity index (χ4n) is 2.70. The number of benzene rings is 1. The molecule has 0 saturated heterocycles. The summed E-state index contributed by atoms with van der Waals surface area (Å²) in [7, 11) is 0. The normalized spacial score (nSPS) is 10.8. The van der Waals surface area contributed by atoms with Crippen LogP contribution in [0.5, 0.6) is 0 Å². The van der Waals surface area contributed by atoms with E-state index in [0.29, 0.717) is 31.7 Å². The van der Waals surface area contributed by atoms with Crippen molar-refractivity contribution in [2.45, 2.75) is 6.92 Å². The van der Waals surface area contributed by atoms with Crippen LogP contribution in [0.3, 0.4) is 0 Å². The van der Waals surface area contributed by atoms with E-state index >= 15 is 0 Å². The molecule has 4 N–H and O–H groups in total. The van der Waals surface area contributed by atoms with Crippen molar-refractivity contribution in [1.29, 1.82) is 0 Å². The number of halogens is 3. The Morgan fingerprint density at radius 3 is 2.72 bits per heavy atom. The van der Waals surface area contributed by atoms with Crippen LogP contribution in [-0.4, -0.2) is 33.0 Å². The SMILES string of the molecule is Cc1cc(Cl)cc(C(=O)CNN)c1NC(=O)c1cc(Br)nn1-c1ncccc1Cl. The molecule has 0 spiro atoms. The van der Waals surface area contributed by atoms with Crippen molar-refractivity contribution in [1.82, 2.24) is 20.2 Å². The zero-order valence-electron chi connectivity index (χ0n) is 15.0. The molecule has 2 heterocycles. The number of hydrogen-bond acceptors (Lipinski definition) is 6. The third kappa shape index (κ3) is 4.65. The highest BCUT2D eigenvalue weighted by atomic mass is 79.9. The second-order valence-corrected chi connectivity index (χ2v) is 7.63. The summed E-state index contributed by atoms with van der Waals surface area (Å²) in [6, 6.07) is 7.96. The van der Waals surface area contributed by atoms with Gasteiger partial charge < -0.3 is 5.32 Å². The van der Waals surface area contributed by atoms with Crippen molar-refractivity contribution < 1.29 is 9.59 Å². The van der Waals surface area contributed by atoms with Crippen LogP contribution < -0.4 is 16.6 Å². The molecule has 3 rings (SSSR count). The number of nitrogens with zero attached hydrogens (tertiary/aromatic N) is 3. The van der Waals surface area contributed by atoms with Crippen molar-refractivity contribution in [3.63, 3.8) is 0 Å². The highest BCUT2D eigenvalue weighted by Crippen LogP contribution is 2.28. The van der Waals surface area contributed by atoms with Gasteiger partial charge in [0.05, 0.1) is 17.3 Å². The van der Waals surface area contributed by atoms with E-state index in [0.717, 1.165) is 0 Å². The van der Waals surface area contributed by atoms with Gasteiger partial charge in [0.15, 0.2) is 11.6 Å². The summed E-state index contributed by atoms with van der Waals surface area (Å²) in [5.41, 5.74) is 3.66. The highest BCUT2D eigenvalue weighted by Gasteiger charge is 2.22. The maximum absolute atomic E-state index is 13.1. The molecule has 0 aliphatic heterocycles. The Labute approximate surface area is 184 Å². The Bertz CT molecular complexity index is 1100. The third-order valence-corrected chi connectivity index (χ3v) is 4.85. The highest BCUT2D eigenvalue weighted by molar-refractivity contribution is 9.10. The van der Waals surface area contributed by atoms with Crippen LogP contribution in [0.25, 0.3) is 5.82 Å². The molecule has 0 atom stereocenters. The Hall–Kier alpha value is -2.30. The number of hydrazine groups is 1. The van der Waals surface area contributed by atoms with E-state index in [2.05, 4.69) is 36.8 Å². The summed E-state index contributed by atoms with van der Waals surface area (Å²) < 4.78 is 1.73. The number of Topliss-reactive ketones (excluding diaryl/α,β-unsaturated/α-hetero) is 1. The van der Waals surface area contributed by atoms with Gasteiger partial charge in [-0.2, -0.15) is 5.10 Å². The average molecular weight is 498 g/mol. The number of hydrogen-bond donors (Lipinski definition) is 3.